The van der Waals surface area contributed by atoms with Gasteiger partial charge in [0.25, 0.3) is 0 Å². The normalized spacial score (nSPS) is 11.8. The molecule has 0 spiro atoms. The van der Waals surface area contributed by atoms with Crippen LogP contribution in [0.4, 0.5) is 4.39 Å². The van der Waals surface area contributed by atoms with Gasteiger partial charge in [-0.2, -0.15) is 0 Å². The van der Waals surface area contributed by atoms with Crippen LogP contribution in [0.5, 0.6) is 0 Å². The molecule has 0 radical (unpaired) electrons. The van der Waals surface area contributed by atoms with Crippen LogP contribution in [0, 0.1) is 5.82 Å². The molecule has 0 aliphatic carbocycles. The first-order chi connectivity index (χ1) is 7.94. The van der Waals surface area contributed by atoms with Gasteiger partial charge in [-0.1, -0.05) is 11.6 Å². The Hall–Kier alpha value is 0.0700. The molecule has 1 aromatic rings. The van der Waals surface area contributed by atoms with Crippen molar-refractivity contribution in [2.75, 3.05) is 13.2 Å². The maximum absolute atomic E-state index is 13.8. The Morgan fingerprint density at radius 1 is 1.35 bits per heavy atom. The minimum atomic E-state index is -3.65. The molecule has 17 heavy (non-hydrogen) atoms. The van der Waals surface area contributed by atoms with Gasteiger partial charge in [0.1, 0.15) is 11.1 Å². The Bertz CT molecular complexity index is 422. The van der Waals surface area contributed by atoms with Crippen molar-refractivity contribution in [3.63, 3.8) is 0 Å². The summed E-state index contributed by atoms with van der Waals surface area (Å²) < 4.78 is 36.6. The highest BCUT2D eigenvalue weighted by atomic mass is 79.9. The fraction of sp³-hybridized carbons (Fsp3) is 0.400. The van der Waals surface area contributed by atoms with E-state index in [0.717, 1.165) is 6.07 Å². The molecule has 0 heterocycles. The third-order valence-corrected chi connectivity index (χ3v) is 5.20. The molecule has 0 saturated carbocycles. The molecular formula is C10H12BrClFO3P. The molecule has 7 heteroatoms. The van der Waals surface area contributed by atoms with E-state index in [1.165, 1.54) is 6.07 Å². The smallest absolute Gasteiger partial charge is 0.305 e. The molecule has 0 bridgehead atoms. The summed E-state index contributed by atoms with van der Waals surface area (Å²) in [6.45, 7) is 3.64. The second-order valence-corrected chi connectivity index (χ2v) is 6.30. The van der Waals surface area contributed by atoms with Crippen molar-refractivity contribution in [1.29, 1.82) is 0 Å². The van der Waals surface area contributed by atoms with Crippen LogP contribution < -0.4 is 5.30 Å². The topological polar surface area (TPSA) is 35.5 Å². The second kappa shape index (κ2) is 6.30. The molecule has 96 valence electrons. The fourth-order valence-electron chi connectivity index (χ4n) is 1.30. The number of hydrogen-bond donors (Lipinski definition) is 0. The third-order valence-electron chi connectivity index (χ3n) is 1.85. The molecule has 0 aromatic heterocycles. The summed E-state index contributed by atoms with van der Waals surface area (Å²) in [7, 11) is -3.65. The van der Waals surface area contributed by atoms with E-state index in [2.05, 4.69) is 15.9 Å². The highest BCUT2D eigenvalue weighted by Gasteiger charge is 2.33. The van der Waals surface area contributed by atoms with E-state index in [4.69, 9.17) is 20.6 Å². The first-order valence-corrected chi connectivity index (χ1v) is 7.70. The molecule has 0 fully saturated rings. The van der Waals surface area contributed by atoms with E-state index in [1.807, 2.05) is 0 Å². The van der Waals surface area contributed by atoms with Crippen LogP contribution in [0.1, 0.15) is 13.8 Å². The Labute approximate surface area is 113 Å². The Morgan fingerprint density at radius 3 is 2.29 bits per heavy atom. The molecule has 0 aliphatic rings. The standard InChI is InChI=1S/C10H12BrClFO3P/c1-3-15-17(14,16-4-2)10-8(11)5-7(12)6-9(10)13/h5-6H,3-4H2,1-2H3. The first-order valence-electron chi connectivity index (χ1n) is 4.98. The van der Waals surface area contributed by atoms with Crippen LogP contribution in [0.2, 0.25) is 5.02 Å². The summed E-state index contributed by atoms with van der Waals surface area (Å²) in [5.41, 5.74) is 0. The van der Waals surface area contributed by atoms with Gasteiger partial charge in [0.05, 0.1) is 13.2 Å². The van der Waals surface area contributed by atoms with Gasteiger partial charge in [-0.3, -0.25) is 4.57 Å². The van der Waals surface area contributed by atoms with Crippen molar-refractivity contribution in [3.05, 3.63) is 27.4 Å². The van der Waals surface area contributed by atoms with Crippen molar-refractivity contribution < 1.29 is 18.0 Å². The van der Waals surface area contributed by atoms with Crippen molar-refractivity contribution in [3.8, 4) is 0 Å². The molecule has 0 amide bonds. The molecule has 0 unspecified atom stereocenters. The van der Waals surface area contributed by atoms with E-state index < -0.39 is 13.4 Å². The average Bonchev–Trinajstić information content (AvgIpc) is 2.15. The Balaban J connectivity index is 3.33. The van der Waals surface area contributed by atoms with Crippen LogP contribution in [-0.4, -0.2) is 13.2 Å². The summed E-state index contributed by atoms with van der Waals surface area (Å²) >= 11 is 8.80. The van der Waals surface area contributed by atoms with E-state index >= 15 is 0 Å². The van der Waals surface area contributed by atoms with Crippen LogP contribution in [0.3, 0.4) is 0 Å². The lowest BCUT2D eigenvalue weighted by atomic mass is 10.3. The summed E-state index contributed by atoms with van der Waals surface area (Å²) in [5, 5.41) is 0.0864. The van der Waals surface area contributed by atoms with E-state index in [0.29, 0.717) is 0 Å². The second-order valence-electron chi connectivity index (χ2n) is 3.05. The van der Waals surface area contributed by atoms with Crippen molar-refractivity contribution >= 4 is 40.4 Å². The van der Waals surface area contributed by atoms with Gasteiger partial charge in [-0.15, -0.1) is 0 Å². The SMILES string of the molecule is CCOP(=O)(OCC)c1c(F)cc(Cl)cc1Br. The quantitative estimate of drug-likeness (QED) is 0.753. The van der Waals surface area contributed by atoms with E-state index in [1.54, 1.807) is 13.8 Å². The maximum atomic E-state index is 13.8. The van der Waals surface area contributed by atoms with Crippen LogP contribution >= 0.6 is 35.1 Å². The Morgan fingerprint density at radius 2 is 1.88 bits per heavy atom. The monoisotopic (exact) mass is 344 g/mol. The largest absolute Gasteiger partial charge is 0.365 e. The van der Waals surface area contributed by atoms with Gasteiger partial charge in [0.2, 0.25) is 0 Å². The zero-order valence-corrected chi connectivity index (χ0v) is 12.6. The predicted molar refractivity (Wildman–Crippen MR) is 69.6 cm³/mol. The number of rotatable bonds is 5. The van der Waals surface area contributed by atoms with Gasteiger partial charge in [-0.05, 0) is 41.9 Å². The van der Waals surface area contributed by atoms with Gasteiger partial charge >= 0.3 is 7.60 Å². The van der Waals surface area contributed by atoms with E-state index in [-0.39, 0.29) is 28.0 Å². The van der Waals surface area contributed by atoms with Crippen molar-refractivity contribution in [2.24, 2.45) is 0 Å². The summed E-state index contributed by atoms with van der Waals surface area (Å²) in [6.07, 6.45) is 0. The molecule has 0 saturated heterocycles. The lowest BCUT2D eigenvalue weighted by molar-refractivity contribution is 0.229. The number of halogens is 3. The lowest BCUT2D eigenvalue weighted by Gasteiger charge is -2.19. The number of benzene rings is 1. The Kier molecular flexibility index (Phi) is 5.61. The highest BCUT2D eigenvalue weighted by molar-refractivity contribution is 9.10. The van der Waals surface area contributed by atoms with Crippen molar-refractivity contribution in [1.82, 2.24) is 0 Å². The van der Waals surface area contributed by atoms with Crippen molar-refractivity contribution in [2.45, 2.75) is 13.8 Å². The number of hydrogen-bond acceptors (Lipinski definition) is 3. The molecule has 0 aliphatic heterocycles. The summed E-state index contributed by atoms with van der Waals surface area (Å²) in [5.74, 6) is -0.713. The van der Waals surface area contributed by atoms with Gasteiger partial charge in [0, 0.05) is 9.50 Å². The van der Waals surface area contributed by atoms with Crippen LogP contribution in [0.15, 0.2) is 16.6 Å². The molecule has 0 atom stereocenters. The predicted octanol–water partition coefficient (Wildman–Crippen LogP) is 4.13. The molecular weight excluding hydrogens is 333 g/mol. The molecule has 1 rings (SSSR count). The van der Waals surface area contributed by atoms with Gasteiger partial charge < -0.3 is 9.05 Å². The summed E-state index contributed by atoms with van der Waals surface area (Å²) in [4.78, 5) is 0. The van der Waals surface area contributed by atoms with Crippen LogP contribution in [0.25, 0.3) is 0 Å². The van der Waals surface area contributed by atoms with Crippen LogP contribution in [-0.2, 0) is 13.6 Å². The highest BCUT2D eigenvalue weighted by Crippen LogP contribution is 2.49. The first kappa shape index (κ1) is 15.1. The average molecular weight is 346 g/mol. The maximum Gasteiger partial charge on any atom is 0.365 e. The minimum Gasteiger partial charge on any atom is -0.305 e. The fourth-order valence-corrected chi connectivity index (χ4v) is 4.39. The zero-order chi connectivity index (χ0) is 13.1. The molecule has 0 N–H and O–H groups in total. The zero-order valence-electron chi connectivity index (χ0n) is 9.37. The molecule has 1 aromatic carbocycles. The lowest BCUT2D eigenvalue weighted by Crippen LogP contribution is -2.16. The van der Waals surface area contributed by atoms with Gasteiger partial charge in [-0.25, -0.2) is 4.39 Å². The summed E-state index contributed by atoms with van der Waals surface area (Å²) in [6, 6.07) is 2.52. The van der Waals surface area contributed by atoms with Gasteiger partial charge in [0.15, 0.2) is 0 Å². The minimum absolute atomic E-state index is 0.120. The van der Waals surface area contributed by atoms with E-state index in [9.17, 15) is 8.96 Å². The third kappa shape index (κ3) is 3.52. The molecule has 3 nitrogen and oxygen atoms in total.